The summed E-state index contributed by atoms with van der Waals surface area (Å²) in [7, 11) is 0. The quantitative estimate of drug-likeness (QED) is 0.159. The molecule has 1 aromatic heterocycles. The fourth-order valence-electron chi connectivity index (χ4n) is 3.11. The minimum atomic E-state index is 0.781. The molecule has 0 saturated carbocycles. The van der Waals surface area contributed by atoms with Crippen molar-refractivity contribution in [2.24, 2.45) is 4.99 Å². The SMILES string of the molecule is CCCCCCCCCCCCSC(=Nc1cccnc1)SCc1ccc(Cl)cc1. The molecule has 0 bridgehead atoms. The monoisotopic (exact) mass is 462 g/mol. The first kappa shape index (κ1) is 25.3. The summed E-state index contributed by atoms with van der Waals surface area (Å²) in [4.78, 5) is 9.02. The third kappa shape index (κ3) is 12.0. The van der Waals surface area contributed by atoms with Crippen molar-refractivity contribution in [1.29, 1.82) is 0 Å². The van der Waals surface area contributed by atoms with Gasteiger partial charge in [-0.25, -0.2) is 4.99 Å². The van der Waals surface area contributed by atoms with E-state index >= 15 is 0 Å². The fraction of sp³-hybridized carbons (Fsp3) is 0.520. The minimum absolute atomic E-state index is 0.781. The van der Waals surface area contributed by atoms with E-state index in [0.29, 0.717) is 0 Å². The Balaban J connectivity index is 1.69. The van der Waals surface area contributed by atoms with Crippen molar-refractivity contribution in [1.82, 2.24) is 4.98 Å². The van der Waals surface area contributed by atoms with E-state index in [2.05, 4.69) is 24.0 Å². The number of aromatic nitrogens is 1. The first-order valence-electron chi connectivity index (χ1n) is 11.3. The molecule has 5 heteroatoms. The maximum absolute atomic E-state index is 6.00. The van der Waals surface area contributed by atoms with Gasteiger partial charge in [-0.3, -0.25) is 4.98 Å². The Morgan fingerprint density at radius 2 is 1.53 bits per heavy atom. The average Bonchev–Trinajstić information content (AvgIpc) is 2.77. The van der Waals surface area contributed by atoms with Crippen molar-refractivity contribution in [2.45, 2.75) is 76.9 Å². The van der Waals surface area contributed by atoms with Crippen LogP contribution in [0.4, 0.5) is 5.69 Å². The number of rotatable bonds is 14. The van der Waals surface area contributed by atoms with E-state index in [9.17, 15) is 0 Å². The van der Waals surface area contributed by atoms with Gasteiger partial charge in [0.05, 0.1) is 11.9 Å². The number of unbranched alkanes of at least 4 members (excludes halogenated alkanes) is 9. The highest BCUT2D eigenvalue weighted by Gasteiger charge is 2.05. The second-order valence-corrected chi connectivity index (χ2v) is 10.3. The van der Waals surface area contributed by atoms with Crippen molar-refractivity contribution in [2.75, 3.05) is 5.75 Å². The summed E-state index contributed by atoms with van der Waals surface area (Å²) in [6.45, 7) is 2.28. The molecule has 2 rings (SSSR count). The van der Waals surface area contributed by atoms with Crippen LogP contribution in [0.5, 0.6) is 0 Å². The third-order valence-electron chi connectivity index (χ3n) is 4.87. The summed E-state index contributed by atoms with van der Waals surface area (Å²) >= 11 is 9.67. The van der Waals surface area contributed by atoms with Crippen LogP contribution in [-0.4, -0.2) is 15.1 Å². The van der Waals surface area contributed by atoms with Gasteiger partial charge in [-0.15, -0.1) is 0 Å². The Labute approximate surface area is 196 Å². The number of pyridine rings is 1. The van der Waals surface area contributed by atoms with Gasteiger partial charge in [0, 0.05) is 22.7 Å². The van der Waals surface area contributed by atoms with Gasteiger partial charge >= 0.3 is 0 Å². The van der Waals surface area contributed by atoms with Crippen LogP contribution in [-0.2, 0) is 5.75 Å². The normalized spacial score (nSPS) is 11.7. The summed E-state index contributed by atoms with van der Waals surface area (Å²) in [5.41, 5.74) is 2.19. The van der Waals surface area contributed by atoms with E-state index in [0.717, 1.165) is 26.6 Å². The van der Waals surface area contributed by atoms with E-state index in [1.807, 2.05) is 42.2 Å². The fourth-order valence-corrected chi connectivity index (χ4v) is 5.34. The second-order valence-electron chi connectivity index (χ2n) is 7.53. The molecule has 0 saturated heterocycles. The molecule has 0 atom stereocenters. The van der Waals surface area contributed by atoms with Crippen LogP contribution < -0.4 is 0 Å². The van der Waals surface area contributed by atoms with E-state index in [-0.39, 0.29) is 0 Å². The molecule has 0 unspecified atom stereocenters. The lowest BCUT2D eigenvalue weighted by Crippen LogP contribution is -1.92. The molecular weight excluding hydrogens is 428 g/mol. The number of halogens is 1. The zero-order valence-corrected chi connectivity index (χ0v) is 20.6. The molecule has 30 heavy (non-hydrogen) atoms. The molecule has 1 heterocycles. The lowest BCUT2D eigenvalue weighted by atomic mass is 10.1. The number of hydrogen-bond acceptors (Lipinski definition) is 4. The minimum Gasteiger partial charge on any atom is -0.262 e. The molecule has 1 aromatic carbocycles. The highest BCUT2D eigenvalue weighted by Crippen LogP contribution is 2.26. The number of thioether (sulfide) groups is 2. The summed E-state index contributed by atoms with van der Waals surface area (Å²) < 4.78 is 1.12. The third-order valence-corrected chi connectivity index (χ3v) is 7.47. The van der Waals surface area contributed by atoms with Gasteiger partial charge in [-0.1, -0.05) is 112 Å². The summed E-state index contributed by atoms with van der Waals surface area (Å²) in [5.74, 6) is 2.03. The first-order chi connectivity index (χ1) is 14.8. The topological polar surface area (TPSA) is 25.2 Å². The second kappa shape index (κ2) is 16.7. The Bertz CT molecular complexity index is 705. The lowest BCUT2D eigenvalue weighted by Gasteiger charge is -2.07. The summed E-state index contributed by atoms with van der Waals surface area (Å²) in [5, 5.41) is 0.781. The number of aliphatic imine (C=N–C) groups is 1. The molecule has 0 spiro atoms. The standard InChI is InChI=1S/C25H35ClN2S2/c1-2-3-4-5-6-7-8-9-10-11-19-29-25(28-24-13-12-18-27-20-24)30-21-22-14-16-23(26)17-15-22/h12-18,20H,2-11,19,21H2,1H3. The molecule has 0 aliphatic heterocycles. The number of hydrogen-bond donors (Lipinski definition) is 0. The van der Waals surface area contributed by atoms with E-state index in [4.69, 9.17) is 16.6 Å². The van der Waals surface area contributed by atoms with E-state index < -0.39 is 0 Å². The van der Waals surface area contributed by atoms with Crippen LogP contribution >= 0.6 is 35.1 Å². The van der Waals surface area contributed by atoms with Gasteiger partial charge in [-0.2, -0.15) is 0 Å². The van der Waals surface area contributed by atoms with Gasteiger partial charge in [0.2, 0.25) is 0 Å². The summed E-state index contributed by atoms with van der Waals surface area (Å²) in [6.07, 6.45) is 17.3. The molecule has 2 aromatic rings. The van der Waals surface area contributed by atoms with Crippen LogP contribution in [0.1, 0.15) is 76.7 Å². The smallest absolute Gasteiger partial charge is 0.130 e. The van der Waals surface area contributed by atoms with Crippen LogP contribution in [0, 0.1) is 0 Å². The molecule has 0 amide bonds. The van der Waals surface area contributed by atoms with Crippen LogP contribution in [0.3, 0.4) is 0 Å². The van der Waals surface area contributed by atoms with Gasteiger partial charge in [0.15, 0.2) is 0 Å². The molecule has 0 aliphatic rings. The largest absolute Gasteiger partial charge is 0.262 e. The average molecular weight is 463 g/mol. The van der Waals surface area contributed by atoms with E-state index in [1.54, 1.807) is 18.0 Å². The van der Waals surface area contributed by atoms with Gasteiger partial charge in [0.1, 0.15) is 4.38 Å². The van der Waals surface area contributed by atoms with Crippen molar-refractivity contribution < 1.29 is 0 Å². The molecule has 0 fully saturated rings. The molecule has 0 radical (unpaired) electrons. The molecular formula is C25H35ClN2S2. The van der Waals surface area contributed by atoms with Gasteiger partial charge < -0.3 is 0 Å². The molecule has 164 valence electrons. The van der Waals surface area contributed by atoms with Gasteiger partial charge in [-0.05, 0) is 36.2 Å². The van der Waals surface area contributed by atoms with Crippen LogP contribution in [0.15, 0.2) is 53.8 Å². The lowest BCUT2D eigenvalue weighted by molar-refractivity contribution is 0.563. The maximum atomic E-state index is 6.00. The molecule has 0 N–H and O–H groups in total. The highest BCUT2D eigenvalue weighted by molar-refractivity contribution is 8.38. The van der Waals surface area contributed by atoms with E-state index in [1.165, 1.54) is 69.8 Å². The van der Waals surface area contributed by atoms with Crippen LogP contribution in [0.25, 0.3) is 0 Å². The Hall–Kier alpha value is -0.970. The number of nitrogens with zero attached hydrogens (tertiary/aromatic N) is 2. The van der Waals surface area contributed by atoms with Gasteiger partial charge in [0.25, 0.3) is 0 Å². The van der Waals surface area contributed by atoms with Crippen molar-refractivity contribution in [3.8, 4) is 0 Å². The predicted octanol–water partition coefficient (Wildman–Crippen LogP) is 9.31. The zero-order chi connectivity index (χ0) is 21.3. The highest BCUT2D eigenvalue weighted by atomic mass is 35.5. The molecule has 2 nitrogen and oxygen atoms in total. The van der Waals surface area contributed by atoms with Crippen LogP contribution in [0.2, 0.25) is 5.02 Å². The molecule has 0 aliphatic carbocycles. The number of benzene rings is 1. The van der Waals surface area contributed by atoms with Crippen molar-refractivity contribution in [3.63, 3.8) is 0 Å². The zero-order valence-electron chi connectivity index (χ0n) is 18.2. The predicted molar refractivity (Wildman–Crippen MR) is 138 cm³/mol. The Kier molecular flexibility index (Phi) is 14.1. The summed E-state index contributed by atoms with van der Waals surface area (Å²) in [6, 6.07) is 12.0. The maximum Gasteiger partial charge on any atom is 0.130 e. The van der Waals surface area contributed by atoms with Crippen molar-refractivity contribution in [3.05, 3.63) is 59.4 Å². The Morgan fingerprint density at radius 3 is 2.17 bits per heavy atom. The van der Waals surface area contributed by atoms with Crippen molar-refractivity contribution >= 4 is 45.2 Å². The first-order valence-corrected chi connectivity index (χ1v) is 13.6. The Morgan fingerprint density at radius 1 is 0.867 bits per heavy atom.